The summed E-state index contributed by atoms with van der Waals surface area (Å²) in [4.78, 5) is 26.5. The van der Waals surface area contributed by atoms with Gasteiger partial charge in [0.25, 0.3) is 0 Å². The van der Waals surface area contributed by atoms with Gasteiger partial charge in [0.2, 0.25) is 11.8 Å². The number of nitrogens with one attached hydrogen (secondary N) is 1. The monoisotopic (exact) mass is 342 g/mol. The molecule has 3 rings (SSSR count). The minimum Gasteiger partial charge on any atom is -0.326 e. The Morgan fingerprint density at radius 1 is 1.17 bits per heavy atom. The highest BCUT2D eigenvalue weighted by Crippen LogP contribution is 2.29. The molecule has 1 heterocycles. The van der Waals surface area contributed by atoms with Gasteiger partial charge in [0.15, 0.2) is 0 Å². The first-order valence-corrected chi connectivity index (χ1v) is 8.26. The van der Waals surface area contributed by atoms with Crippen LogP contribution in [0.15, 0.2) is 42.5 Å². The molecular weight excluding hydrogens is 324 g/mol. The minimum absolute atomic E-state index is 0.0155. The highest BCUT2D eigenvalue weighted by atomic mass is 35.5. The zero-order valence-corrected chi connectivity index (χ0v) is 14.4. The molecule has 0 aromatic heterocycles. The van der Waals surface area contributed by atoms with Gasteiger partial charge in [0, 0.05) is 29.4 Å². The minimum atomic E-state index is -0.353. The summed E-state index contributed by atoms with van der Waals surface area (Å²) in [6.45, 7) is 4.41. The summed E-state index contributed by atoms with van der Waals surface area (Å²) in [6, 6.07) is 12.9. The van der Waals surface area contributed by atoms with Crippen LogP contribution in [0.3, 0.4) is 0 Å². The number of carbonyl (C=O) groups is 2. The molecule has 0 spiro atoms. The molecule has 5 heteroatoms. The molecular formula is C19H19ClN2O2. The van der Waals surface area contributed by atoms with Gasteiger partial charge in [0.1, 0.15) is 0 Å². The normalized spacial score (nSPS) is 17.2. The smallest absolute Gasteiger partial charge is 0.229 e. The van der Waals surface area contributed by atoms with Gasteiger partial charge in [-0.2, -0.15) is 0 Å². The van der Waals surface area contributed by atoms with Crippen LogP contribution in [0.1, 0.15) is 17.5 Å². The maximum atomic E-state index is 12.4. The second-order valence-electron chi connectivity index (χ2n) is 6.19. The molecule has 0 radical (unpaired) electrons. The van der Waals surface area contributed by atoms with Crippen LogP contribution < -0.4 is 10.2 Å². The van der Waals surface area contributed by atoms with Crippen LogP contribution in [-0.4, -0.2) is 18.4 Å². The maximum absolute atomic E-state index is 12.4. The van der Waals surface area contributed by atoms with Crippen molar-refractivity contribution in [3.63, 3.8) is 0 Å². The summed E-state index contributed by atoms with van der Waals surface area (Å²) in [5.74, 6) is -0.509. The number of nitrogens with zero attached hydrogens (tertiary/aromatic N) is 1. The first-order chi connectivity index (χ1) is 11.4. The second-order valence-corrected chi connectivity index (χ2v) is 6.63. The number of hydrogen-bond donors (Lipinski definition) is 1. The van der Waals surface area contributed by atoms with Crippen LogP contribution in [0.5, 0.6) is 0 Å². The Morgan fingerprint density at radius 3 is 2.54 bits per heavy atom. The molecule has 24 heavy (non-hydrogen) atoms. The summed E-state index contributed by atoms with van der Waals surface area (Å²) < 4.78 is 0. The summed E-state index contributed by atoms with van der Waals surface area (Å²) in [5, 5.41) is 3.47. The Kier molecular flexibility index (Phi) is 4.58. The Labute approximate surface area is 146 Å². The standard InChI is InChI=1S/C19H19ClN2O2/c1-12-3-8-17(13(2)9-12)22-11-14(10-18(22)23)19(24)21-16-6-4-15(20)5-7-16/h3-9,14H,10-11H2,1-2H3,(H,21,24). The van der Waals surface area contributed by atoms with Gasteiger partial charge >= 0.3 is 0 Å². The molecule has 124 valence electrons. The average Bonchev–Trinajstić information content (AvgIpc) is 2.91. The molecule has 1 aliphatic heterocycles. The van der Waals surface area contributed by atoms with Gasteiger partial charge in [-0.1, -0.05) is 29.3 Å². The highest BCUT2D eigenvalue weighted by Gasteiger charge is 2.35. The third-order valence-corrected chi connectivity index (χ3v) is 4.50. The van der Waals surface area contributed by atoms with Gasteiger partial charge < -0.3 is 10.2 Å². The molecule has 0 saturated carbocycles. The lowest BCUT2D eigenvalue weighted by molar-refractivity contribution is -0.122. The summed E-state index contributed by atoms with van der Waals surface area (Å²) in [7, 11) is 0. The summed E-state index contributed by atoms with van der Waals surface area (Å²) in [5.41, 5.74) is 3.76. The molecule has 1 atom stereocenters. The van der Waals surface area contributed by atoms with Crippen LogP contribution >= 0.6 is 11.6 Å². The summed E-state index contributed by atoms with van der Waals surface area (Å²) in [6.07, 6.45) is 0.229. The Morgan fingerprint density at radius 2 is 1.88 bits per heavy atom. The van der Waals surface area contributed by atoms with Crippen LogP contribution in [0.4, 0.5) is 11.4 Å². The second kappa shape index (κ2) is 6.65. The molecule has 2 aromatic rings. The van der Waals surface area contributed by atoms with Gasteiger partial charge in [-0.15, -0.1) is 0 Å². The van der Waals surface area contributed by atoms with Crippen molar-refractivity contribution >= 4 is 34.8 Å². The largest absolute Gasteiger partial charge is 0.326 e. The summed E-state index contributed by atoms with van der Waals surface area (Å²) >= 11 is 5.84. The zero-order valence-electron chi connectivity index (χ0n) is 13.7. The number of carbonyl (C=O) groups excluding carboxylic acids is 2. The van der Waals surface area contributed by atoms with Crippen molar-refractivity contribution in [2.24, 2.45) is 5.92 Å². The molecule has 0 aliphatic carbocycles. The number of amides is 2. The lowest BCUT2D eigenvalue weighted by Gasteiger charge is -2.19. The molecule has 0 bridgehead atoms. The van der Waals surface area contributed by atoms with E-state index in [0.29, 0.717) is 17.3 Å². The van der Waals surface area contributed by atoms with Crippen molar-refractivity contribution in [2.75, 3.05) is 16.8 Å². The lowest BCUT2D eigenvalue weighted by atomic mass is 10.1. The van der Waals surface area contributed by atoms with E-state index in [1.165, 1.54) is 0 Å². The molecule has 2 amide bonds. The molecule has 4 nitrogen and oxygen atoms in total. The van der Waals surface area contributed by atoms with E-state index < -0.39 is 0 Å². The average molecular weight is 343 g/mol. The highest BCUT2D eigenvalue weighted by molar-refractivity contribution is 6.30. The fourth-order valence-electron chi connectivity index (χ4n) is 3.00. The van der Waals surface area contributed by atoms with Crippen LogP contribution in [-0.2, 0) is 9.59 Å². The number of benzene rings is 2. The topological polar surface area (TPSA) is 49.4 Å². The third kappa shape index (κ3) is 3.44. The van der Waals surface area contributed by atoms with Crippen LogP contribution in [0.2, 0.25) is 5.02 Å². The van der Waals surface area contributed by atoms with E-state index in [2.05, 4.69) is 5.32 Å². The zero-order chi connectivity index (χ0) is 17.3. The van der Waals surface area contributed by atoms with E-state index in [1.54, 1.807) is 29.2 Å². The van der Waals surface area contributed by atoms with Crippen molar-refractivity contribution < 1.29 is 9.59 Å². The fraction of sp³-hybridized carbons (Fsp3) is 0.263. The molecule has 1 saturated heterocycles. The predicted molar refractivity (Wildman–Crippen MR) is 96.5 cm³/mol. The van der Waals surface area contributed by atoms with E-state index in [1.807, 2.05) is 32.0 Å². The SMILES string of the molecule is Cc1ccc(N2CC(C(=O)Nc3ccc(Cl)cc3)CC2=O)c(C)c1. The Hall–Kier alpha value is -2.33. The third-order valence-electron chi connectivity index (χ3n) is 4.25. The van der Waals surface area contributed by atoms with Crippen molar-refractivity contribution in [2.45, 2.75) is 20.3 Å². The van der Waals surface area contributed by atoms with Crippen molar-refractivity contribution in [3.8, 4) is 0 Å². The van der Waals surface area contributed by atoms with Gasteiger partial charge in [-0.3, -0.25) is 9.59 Å². The Bertz CT molecular complexity index is 786. The molecule has 1 fully saturated rings. The first-order valence-electron chi connectivity index (χ1n) is 7.88. The number of aryl methyl sites for hydroxylation is 2. The van der Waals surface area contributed by atoms with E-state index in [4.69, 9.17) is 11.6 Å². The number of hydrogen-bond acceptors (Lipinski definition) is 2. The van der Waals surface area contributed by atoms with Crippen molar-refractivity contribution in [3.05, 3.63) is 58.6 Å². The van der Waals surface area contributed by atoms with Gasteiger partial charge in [0.05, 0.1) is 5.92 Å². The number of anilines is 2. The van der Waals surface area contributed by atoms with E-state index >= 15 is 0 Å². The van der Waals surface area contributed by atoms with Crippen molar-refractivity contribution in [1.29, 1.82) is 0 Å². The first kappa shape index (κ1) is 16.5. The van der Waals surface area contributed by atoms with Gasteiger partial charge in [-0.25, -0.2) is 0 Å². The Balaban J connectivity index is 1.72. The lowest BCUT2D eigenvalue weighted by Crippen LogP contribution is -2.28. The molecule has 1 aliphatic rings. The quantitative estimate of drug-likeness (QED) is 0.918. The molecule has 1 N–H and O–H groups in total. The molecule has 1 unspecified atom stereocenters. The number of halogens is 1. The van der Waals surface area contributed by atoms with Gasteiger partial charge in [-0.05, 0) is 49.7 Å². The van der Waals surface area contributed by atoms with Crippen LogP contribution in [0, 0.1) is 19.8 Å². The fourth-order valence-corrected chi connectivity index (χ4v) is 3.13. The van der Waals surface area contributed by atoms with Crippen LogP contribution in [0.25, 0.3) is 0 Å². The number of rotatable bonds is 3. The molecule has 2 aromatic carbocycles. The van der Waals surface area contributed by atoms with E-state index in [-0.39, 0.29) is 24.2 Å². The van der Waals surface area contributed by atoms with E-state index in [0.717, 1.165) is 16.8 Å². The van der Waals surface area contributed by atoms with Crippen molar-refractivity contribution in [1.82, 2.24) is 0 Å². The predicted octanol–water partition coefficient (Wildman–Crippen LogP) is 3.95. The van der Waals surface area contributed by atoms with E-state index in [9.17, 15) is 9.59 Å². The maximum Gasteiger partial charge on any atom is 0.229 e.